The summed E-state index contributed by atoms with van der Waals surface area (Å²) in [5, 5.41) is 26.1. The van der Waals surface area contributed by atoms with Gasteiger partial charge in [-0.1, -0.05) is 0 Å². The predicted octanol–water partition coefficient (Wildman–Crippen LogP) is -3.22. The number of amides is 3. The molecule has 0 aromatic carbocycles. The average molecular weight is 521 g/mol. The van der Waals surface area contributed by atoms with Crippen molar-refractivity contribution in [2.24, 2.45) is 27.9 Å². The molecule has 202 valence electrons. The Labute approximate surface area is 209 Å². The van der Waals surface area contributed by atoms with Crippen LogP contribution in [0.5, 0.6) is 0 Å². The molecule has 0 bridgehead atoms. The molecular weight excluding hydrogens is 480 g/mol. The number of thioether (sulfide) groups is 1. The van der Waals surface area contributed by atoms with Gasteiger partial charge in [0.1, 0.15) is 24.2 Å². The van der Waals surface area contributed by atoms with Crippen molar-refractivity contribution in [2.45, 2.75) is 62.7 Å². The van der Waals surface area contributed by atoms with Gasteiger partial charge in [0.25, 0.3) is 0 Å². The molecule has 0 heterocycles. The van der Waals surface area contributed by atoms with E-state index in [0.717, 1.165) is 0 Å². The van der Waals surface area contributed by atoms with Gasteiger partial charge < -0.3 is 49.1 Å². The number of aliphatic carboxylic acids is 1. The van der Waals surface area contributed by atoms with Crippen LogP contribution in [0.25, 0.3) is 0 Å². The van der Waals surface area contributed by atoms with E-state index in [1.165, 1.54) is 11.8 Å². The highest BCUT2D eigenvalue weighted by molar-refractivity contribution is 7.98. The van der Waals surface area contributed by atoms with Crippen molar-refractivity contribution in [1.82, 2.24) is 16.0 Å². The van der Waals surface area contributed by atoms with Gasteiger partial charge in [-0.25, -0.2) is 4.79 Å². The quantitative estimate of drug-likeness (QED) is 0.0464. The van der Waals surface area contributed by atoms with Crippen LogP contribution >= 0.6 is 11.8 Å². The number of nitrogens with one attached hydrogen (secondary N) is 3. The van der Waals surface area contributed by atoms with Gasteiger partial charge >= 0.3 is 5.97 Å². The number of aliphatic hydroxyl groups excluding tert-OH is 1. The van der Waals surface area contributed by atoms with Gasteiger partial charge in [-0.3, -0.25) is 19.4 Å². The number of nitrogens with two attached hydrogens (primary N) is 4. The van der Waals surface area contributed by atoms with E-state index < -0.39 is 54.5 Å². The topological polar surface area (TPSA) is 261 Å². The molecule has 0 aromatic heterocycles. The number of hydrogen-bond donors (Lipinski definition) is 9. The van der Waals surface area contributed by atoms with Crippen LogP contribution in [0.4, 0.5) is 0 Å². The minimum absolute atomic E-state index is 0.120. The molecule has 0 aliphatic carbocycles. The fraction of sp³-hybridized carbons (Fsp3) is 0.750. The molecule has 14 nitrogen and oxygen atoms in total. The van der Waals surface area contributed by atoms with Crippen molar-refractivity contribution < 1.29 is 29.4 Å². The van der Waals surface area contributed by atoms with Gasteiger partial charge in [-0.15, -0.1) is 0 Å². The lowest BCUT2D eigenvalue weighted by Gasteiger charge is -2.25. The van der Waals surface area contributed by atoms with Crippen molar-refractivity contribution in [1.29, 1.82) is 0 Å². The smallest absolute Gasteiger partial charge is 0.326 e. The second-order valence-electron chi connectivity index (χ2n) is 7.83. The maximum atomic E-state index is 13.0. The van der Waals surface area contributed by atoms with Crippen LogP contribution in [0.1, 0.15) is 38.5 Å². The van der Waals surface area contributed by atoms with Gasteiger partial charge in [0.05, 0.1) is 6.61 Å². The first-order chi connectivity index (χ1) is 16.6. The molecular formula is C20H40N8O6S. The Morgan fingerprint density at radius 1 is 0.886 bits per heavy atom. The Balaban J connectivity index is 5.44. The third-order valence-corrected chi connectivity index (χ3v) is 5.56. The number of rotatable bonds is 19. The monoisotopic (exact) mass is 520 g/mol. The summed E-state index contributed by atoms with van der Waals surface area (Å²) in [6.45, 7) is -0.00982. The highest BCUT2D eigenvalue weighted by Gasteiger charge is 2.29. The third kappa shape index (κ3) is 14.4. The number of nitrogens with zero attached hydrogens (tertiary/aromatic N) is 1. The number of aliphatic imine (C=N–C) groups is 1. The zero-order valence-electron chi connectivity index (χ0n) is 20.1. The van der Waals surface area contributed by atoms with Gasteiger partial charge in [-0.05, 0) is 57.1 Å². The van der Waals surface area contributed by atoms with Gasteiger partial charge in [0, 0.05) is 6.54 Å². The van der Waals surface area contributed by atoms with Crippen LogP contribution in [0.15, 0.2) is 4.99 Å². The van der Waals surface area contributed by atoms with E-state index in [1.54, 1.807) is 0 Å². The first kappa shape index (κ1) is 32.4. The average Bonchev–Trinajstić information content (AvgIpc) is 2.81. The number of unbranched alkanes of at least 4 members (excludes halogenated alkanes) is 1. The predicted molar refractivity (Wildman–Crippen MR) is 134 cm³/mol. The summed E-state index contributed by atoms with van der Waals surface area (Å²) in [5.41, 5.74) is 21.6. The van der Waals surface area contributed by atoms with Gasteiger partial charge in [-0.2, -0.15) is 11.8 Å². The SMILES string of the molecule is CSCCC(NC(=O)C(CCCN=C(N)N)NC(=O)C(N)CO)C(=O)NC(CCCCN)C(=O)O. The van der Waals surface area contributed by atoms with E-state index in [0.29, 0.717) is 31.6 Å². The van der Waals surface area contributed by atoms with E-state index in [2.05, 4.69) is 20.9 Å². The first-order valence-corrected chi connectivity index (χ1v) is 12.7. The van der Waals surface area contributed by atoms with E-state index in [-0.39, 0.29) is 31.8 Å². The van der Waals surface area contributed by atoms with Crippen LogP contribution in [0.2, 0.25) is 0 Å². The summed E-state index contributed by atoms with van der Waals surface area (Å²) < 4.78 is 0. The molecule has 13 N–H and O–H groups in total. The normalized spacial score (nSPS) is 14.2. The lowest BCUT2D eigenvalue weighted by atomic mass is 10.1. The van der Waals surface area contributed by atoms with Crippen LogP contribution in [-0.2, 0) is 19.2 Å². The highest BCUT2D eigenvalue weighted by Crippen LogP contribution is 2.07. The molecule has 35 heavy (non-hydrogen) atoms. The molecule has 15 heteroatoms. The Hall–Kier alpha value is -2.62. The third-order valence-electron chi connectivity index (χ3n) is 4.92. The van der Waals surface area contributed by atoms with Crippen molar-refractivity contribution >= 4 is 41.4 Å². The summed E-state index contributed by atoms with van der Waals surface area (Å²) in [7, 11) is 0. The Morgan fingerprint density at radius 3 is 1.94 bits per heavy atom. The number of carboxylic acid groups (broad SMARTS) is 1. The minimum Gasteiger partial charge on any atom is -0.480 e. The molecule has 0 saturated carbocycles. The van der Waals surface area contributed by atoms with E-state index >= 15 is 0 Å². The molecule has 0 spiro atoms. The first-order valence-electron chi connectivity index (χ1n) is 11.3. The van der Waals surface area contributed by atoms with E-state index in [4.69, 9.17) is 28.0 Å². The Kier molecular flexibility index (Phi) is 17.3. The molecule has 0 aliphatic heterocycles. The van der Waals surface area contributed by atoms with Gasteiger partial charge in [0.2, 0.25) is 17.7 Å². The van der Waals surface area contributed by atoms with Crippen molar-refractivity contribution in [3.63, 3.8) is 0 Å². The second-order valence-corrected chi connectivity index (χ2v) is 8.81. The molecule has 0 aliphatic rings. The van der Waals surface area contributed by atoms with Gasteiger partial charge in [0.15, 0.2) is 5.96 Å². The maximum absolute atomic E-state index is 13.0. The molecule has 0 fully saturated rings. The minimum atomic E-state index is -1.23. The summed E-state index contributed by atoms with van der Waals surface area (Å²) in [6.07, 6.45) is 3.85. The molecule has 0 saturated heterocycles. The molecule has 0 aromatic rings. The van der Waals surface area contributed by atoms with E-state index in [1.807, 2.05) is 6.26 Å². The maximum Gasteiger partial charge on any atom is 0.326 e. The van der Waals surface area contributed by atoms with Crippen molar-refractivity contribution in [2.75, 3.05) is 31.7 Å². The fourth-order valence-electron chi connectivity index (χ4n) is 2.93. The van der Waals surface area contributed by atoms with E-state index in [9.17, 15) is 24.3 Å². The Morgan fingerprint density at radius 2 is 1.43 bits per heavy atom. The fourth-order valence-corrected chi connectivity index (χ4v) is 3.40. The molecule has 4 atom stereocenters. The molecule has 0 rings (SSSR count). The Bertz CT molecular complexity index is 707. The zero-order valence-corrected chi connectivity index (χ0v) is 20.9. The van der Waals surface area contributed by atoms with Crippen LogP contribution in [0.3, 0.4) is 0 Å². The summed E-state index contributed by atoms with van der Waals surface area (Å²) >= 11 is 1.45. The highest BCUT2D eigenvalue weighted by atomic mass is 32.2. The second kappa shape index (κ2) is 18.7. The zero-order chi connectivity index (χ0) is 26.8. The number of guanidine groups is 1. The van der Waals surface area contributed by atoms with Crippen molar-refractivity contribution in [3.05, 3.63) is 0 Å². The van der Waals surface area contributed by atoms with Crippen molar-refractivity contribution in [3.8, 4) is 0 Å². The molecule has 4 unspecified atom stereocenters. The molecule has 3 amide bonds. The lowest BCUT2D eigenvalue weighted by Crippen LogP contribution is -2.57. The number of carboxylic acids is 1. The van der Waals surface area contributed by atoms with Crippen LogP contribution < -0.4 is 38.9 Å². The van der Waals surface area contributed by atoms with Crippen LogP contribution in [-0.4, -0.2) is 95.7 Å². The molecule has 0 radical (unpaired) electrons. The summed E-state index contributed by atoms with van der Waals surface area (Å²) in [6, 6.07) is -4.47. The summed E-state index contributed by atoms with van der Waals surface area (Å²) in [5.74, 6) is -2.85. The number of carbonyl (C=O) groups is 4. The van der Waals surface area contributed by atoms with Crippen LogP contribution in [0, 0.1) is 0 Å². The standard InChI is InChI=1S/C20H40N8O6S/c1-35-10-7-14(18(32)28-15(19(33)34)5-2-3-8-21)27-17(31)13(6-4-9-25-20(23)24)26-16(30)12(22)11-29/h12-15,29H,2-11,21-22H2,1H3,(H,26,30)(H,27,31)(H,28,32)(H,33,34)(H4,23,24,25). The largest absolute Gasteiger partial charge is 0.480 e. The number of hydrogen-bond acceptors (Lipinski definition) is 9. The number of aliphatic hydroxyl groups is 1. The summed E-state index contributed by atoms with van der Waals surface area (Å²) in [4.78, 5) is 53.4. The lowest BCUT2D eigenvalue weighted by molar-refractivity contribution is -0.142. The number of carbonyl (C=O) groups excluding carboxylic acids is 3.